The third-order valence-corrected chi connectivity index (χ3v) is 4.04. The number of benzene rings is 2. The predicted octanol–water partition coefficient (Wildman–Crippen LogP) is 6.39. The van der Waals surface area contributed by atoms with Crippen molar-refractivity contribution in [3.05, 3.63) is 80.2 Å². The molecular weight excluding hydrogens is 480 g/mol. The largest absolute Gasteiger partial charge is 0.0766 e. The van der Waals surface area contributed by atoms with E-state index in [2.05, 4.69) is 76.5 Å². The Morgan fingerprint density at radius 3 is 1.74 bits per heavy atom. The minimum absolute atomic E-state index is 0.767. The standard InChI is InChI=1S/C20H10Br3/c21-15-18(16-9-3-1-4-10-16)13-7-8-14-19(20(22)23)17-11-5-2-6-12-17/h1-6,9-12H. The smallest absolute Gasteiger partial charge is 0.0622 e. The zero-order valence-corrected chi connectivity index (χ0v) is 16.7. The van der Waals surface area contributed by atoms with E-state index in [9.17, 15) is 0 Å². The van der Waals surface area contributed by atoms with Gasteiger partial charge in [-0.25, -0.2) is 0 Å². The summed E-state index contributed by atoms with van der Waals surface area (Å²) in [4.78, 5) is 2.92. The first-order valence-corrected chi connectivity index (χ1v) is 9.02. The molecule has 0 saturated carbocycles. The number of allylic oxidation sites excluding steroid dienone is 2. The van der Waals surface area contributed by atoms with Crippen LogP contribution in [0.4, 0.5) is 0 Å². The SMILES string of the molecule is Br[C]=C(C#CC#CC(=C(Br)Br)c1ccccc1)c1ccccc1. The van der Waals surface area contributed by atoms with Gasteiger partial charge in [-0.15, -0.1) is 0 Å². The first-order chi connectivity index (χ1) is 11.2. The molecule has 2 rings (SSSR count). The van der Waals surface area contributed by atoms with Crippen molar-refractivity contribution in [3.8, 4) is 23.7 Å². The lowest BCUT2D eigenvalue weighted by Crippen LogP contribution is -1.81. The lowest BCUT2D eigenvalue weighted by atomic mass is 10.1. The number of rotatable bonds is 2. The van der Waals surface area contributed by atoms with E-state index in [0.717, 1.165) is 25.7 Å². The molecule has 3 heteroatoms. The van der Waals surface area contributed by atoms with Gasteiger partial charge in [0.15, 0.2) is 0 Å². The number of halogens is 3. The predicted molar refractivity (Wildman–Crippen MR) is 109 cm³/mol. The van der Waals surface area contributed by atoms with Gasteiger partial charge in [0.1, 0.15) is 0 Å². The summed E-state index contributed by atoms with van der Waals surface area (Å²) in [7, 11) is 0. The highest BCUT2D eigenvalue weighted by atomic mass is 79.9. The van der Waals surface area contributed by atoms with E-state index in [0.29, 0.717) is 0 Å². The van der Waals surface area contributed by atoms with Gasteiger partial charge in [0.2, 0.25) is 0 Å². The Balaban J connectivity index is 2.25. The molecule has 0 saturated heterocycles. The highest BCUT2D eigenvalue weighted by molar-refractivity contribution is 9.28. The van der Waals surface area contributed by atoms with Crippen molar-refractivity contribution in [1.29, 1.82) is 0 Å². The van der Waals surface area contributed by atoms with Crippen molar-refractivity contribution in [2.24, 2.45) is 0 Å². The molecule has 0 fully saturated rings. The lowest BCUT2D eigenvalue weighted by Gasteiger charge is -1.99. The summed E-state index contributed by atoms with van der Waals surface area (Å²) in [6.07, 6.45) is 0. The quantitative estimate of drug-likeness (QED) is 0.429. The molecule has 0 bridgehead atoms. The monoisotopic (exact) mass is 487 g/mol. The molecule has 0 atom stereocenters. The average molecular weight is 490 g/mol. The zero-order valence-electron chi connectivity index (χ0n) is 11.9. The molecule has 0 aliphatic carbocycles. The molecule has 0 aliphatic heterocycles. The Labute approximate surface area is 162 Å². The van der Waals surface area contributed by atoms with Crippen LogP contribution in [0.1, 0.15) is 11.1 Å². The van der Waals surface area contributed by atoms with Gasteiger partial charge >= 0.3 is 0 Å². The van der Waals surface area contributed by atoms with Crippen LogP contribution in [0.3, 0.4) is 0 Å². The maximum absolute atomic E-state index is 3.43. The summed E-state index contributed by atoms with van der Waals surface area (Å²) in [5.74, 6) is 11.8. The fourth-order valence-electron chi connectivity index (χ4n) is 1.78. The fraction of sp³-hybridized carbons (Fsp3) is 0. The summed E-state index contributed by atoms with van der Waals surface area (Å²) >= 11 is 10.1. The maximum atomic E-state index is 3.43. The third-order valence-electron chi connectivity index (χ3n) is 2.85. The summed E-state index contributed by atoms with van der Waals surface area (Å²) in [6.45, 7) is 0. The van der Waals surface area contributed by atoms with E-state index in [1.165, 1.54) is 0 Å². The summed E-state index contributed by atoms with van der Waals surface area (Å²) < 4.78 is 0.802. The van der Waals surface area contributed by atoms with E-state index in [4.69, 9.17) is 0 Å². The average Bonchev–Trinajstić information content (AvgIpc) is 2.59. The van der Waals surface area contributed by atoms with E-state index in [1.54, 1.807) is 0 Å². The summed E-state index contributed by atoms with van der Waals surface area (Å²) in [5, 5.41) is 0. The van der Waals surface area contributed by atoms with Gasteiger partial charge in [-0.1, -0.05) is 72.5 Å². The van der Waals surface area contributed by atoms with Gasteiger partial charge in [0, 0.05) is 10.6 Å². The molecule has 111 valence electrons. The van der Waals surface area contributed by atoms with Crippen molar-refractivity contribution in [1.82, 2.24) is 0 Å². The second-order valence-electron chi connectivity index (χ2n) is 4.34. The van der Waals surface area contributed by atoms with Crippen molar-refractivity contribution in [2.75, 3.05) is 0 Å². The Kier molecular flexibility index (Phi) is 7.43. The molecular formula is C20H10Br3. The fourth-order valence-corrected chi connectivity index (χ4v) is 2.76. The topological polar surface area (TPSA) is 0 Å². The maximum Gasteiger partial charge on any atom is 0.0766 e. The van der Waals surface area contributed by atoms with Crippen LogP contribution in [0, 0.1) is 28.7 Å². The van der Waals surface area contributed by atoms with Crippen molar-refractivity contribution >= 4 is 58.9 Å². The molecule has 0 spiro atoms. The molecule has 0 heterocycles. The van der Waals surface area contributed by atoms with Crippen LogP contribution in [0.25, 0.3) is 11.1 Å². The van der Waals surface area contributed by atoms with E-state index >= 15 is 0 Å². The van der Waals surface area contributed by atoms with Gasteiger partial charge < -0.3 is 0 Å². The Hall–Kier alpha value is -1.52. The molecule has 2 aromatic carbocycles. The summed E-state index contributed by atoms with van der Waals surface area (Å²) in [5.41, 5.74) is 3.65. The normalized spacial score (nSPS) is 9.96. The van der Waals surface area contributed by atoms with Gasteiger partial charge in [-0.05, 0) is 70.8 Å². The number of hydrogen-bond acceptors (Lipinski definition) is 0. The molecule has 0 amide bonds. The van der Waals surface area contributed by atoms with Crippen molar-refractivity contribution < 1.29 is 0 Å². The molecule has 0 unspecified atom stereocenters. The minimum atomic E-state index is 0.767. The second kappa shape index (κ2) is 9.58. The molecule has 2 aromatic rings. The highest BCUT2D eigenvalue weighted by Crippen LogP contribution is 2.26. The Bertz CT molecular complexity index is 836. The van der Waals surface area contributed by atoms with E-state index in [-0.39, 0.29) is 0 Å². The molecule has 0 nitrogen and oxygen atoms in total. The van der Waals surface area contributed by atoms with Crippen LogP contribution < -0.4 is 0 Å². The lowest BCUT2D eigenvalue weighted by molar-refractivity contribution is 1.64. The summed E-state index contributed by atoms with van der Waals surface area (Å²) in [6, 6.07) is 19.8. The van der Waals surface area contributed by atoms with Crippen LogP contribution in [0.5, 0.6) is 0 Å². The Morgan fingerprint density at radius 1 is 0.696 bits per heavy atom. The third kappa shape index (κ3) is 5.56. The van der Waals surface area contributed by atoms with Crippen molar-refractivity contribution in [2.45, 2.75) is 0 Å². The van der Waals surface area contributed by atoms with Crippen LogP contribution in [0.2, 0.25) is 0 Å². The second-order valence-corrected chi connectivity index (χ2v) is 7.38. The molecule has 0 N–H and O–H groups in total. The van der Waals surface area contributed by atoms with E-state index < -0.39 is 0 Å². The van der Waals surface area contributed by atoms with Gasteiger partial charge in [-0.2, -0.15) is 0 Å². The molecule has 0 aliphatic rings. The van der Waals surface area contributed by atoms with E-state index in [1.807, 2.05) is 60.7 Å². The minimum Gasteiger partial charge on any atom is -0.0622 e. The van der Waals surface area contributed by atoms with Crippen LogP contribution >= 0.6 is 47.8 Å². The van der Waals surface area contributed by atoms with Crippen LogP contribution in [0.15, 0.2) is 64.1 Å². The number of hydrogen-bond donors (Lipinski definition) is 0. The van der Waals surface area contributed by atoms with Crippen LogP contribution in [-0.4, -0.2) is 0 Å². The zero-order chi connectivity index (χ0) is 16.5. The molecule has 1 radical (unpaired) electrons. The molecule has 0 aromatic heterocycles. The van der Waals surface area contributed by atoms with Gasteiger partial charge in [-0.3, -0.25) is 0 Å². The highest BCUT2D eigenvalue weighted by Gasteiger charge is 2.01. The Morgan fingerprint density at radius 2 is 1.22 bits per heavy atom. The first-order valence-electron chi connectivity index (χ1n) is 6.64. The van der Waals surface area contributed by atoms with Crippen molar-refractivity contribution in [3.63, 3.8) is 0 Å². The first kappa shape index (κ1) is 17.8. The van der Waals surface area contributed by atoms with Gasteiger partial charge in [0.25, 0.3) is 0 Å². The molecule has 23 heavy (non-hydrogen) atoms. The van der Waals surface area contributed by atoms with Crippen LogP contribution in [-0.2, 0) is 0 Å². The van der Waals surface area contributed by atoms with Gasteiger partial charge in [0.05, 0.1) is 8.96 Å².